The van der Waals surface area contributed by atoms with Gasteiger partial charge in [-0.3, -0.25) is 9.69 Å². The van der Waals surface area contributed by atoms with Gasteiger partial charge in [-0.05, 0) is 50.3 Å². The molecule has 1 aliphatic carbocycles. The molecule has 1 aromatic carbocycles. The first-order chi connectivity index (χ1) is 14.9. The number of fused-ring (bicyclic) bond motifs is 2. The van der Waals surface area contributed by atoms with Crippen LogP contribution >= 0.6 is 0 Å². The molecule has 3 aliphatic rings. The van der Waals surface area contributed by atoms with Crippen molar-refractivity contribution in [3.8, 4) is 0 Å². The third-order valence-corrected chi connectivity index (χ3v) is 7.26. The van der Waals surface area contributed by atoms with E-state index in [0.717, 1.165) is 57.4 Å². The topological polar surface area (TPSA) is 71.7 Å². The number of carbonyl (C=O) groups excluding carboxylic acids is 2. The number of rotatable bonds is 3. The number of amides is 3. The lowest BCUT2D eigenvalue weighted by Crippen LogP contribution is -2.56. The summed E-state index contributed by atoms with van der Waals surface area (Å²) in [6.07, 6.45) is 4.07. The van der Waals surface area contributed by atoms with E-state index in [1.165, 1.54) is 6.07 Å². The van der Waals surface area contributed by atoms with Gasteiger partial charge in [-0.15, -0.1) is 0 Å². The molecule has 0 unspecified atom stereocenters. The highest BCUT2D eigenvalue weighted by atomic mass is 19.1. The predicted molar refractivity (Wildman–Crippen MR) is 117 cm³/mol. The summed E-state index contributed by atoms with van der Waals surface area (Å²) in [4.78, 5) is 34.5. The molecule has 3 heterocycles. The maximum absolute atomic E-state index is 14.1. The van der Waals surface area contributed by atoms with Crippen molar-refractivity contribution in [1.29, 1.82) is 0 Å². The zero-order valence-corrected chi connectivity index (χ0v) is 18.2. The number of halogens is 1. The van der Waals surface area contributed by atoms with Crippen LogP contribution in [0.1, 0.15) is 41.7 Å². The van der Waals surface area contributed by atoms with E-state index in [4.69, 9.17) is 0 Å². The molecule has 3 amide bonds. The number of aromatic nitrogens is 1. The Hall–Kier alpha value is -2.61. The summed E-state index contributed by atoms with van der Waals surface area (Å²) in [5.41, 5.74) is 2.01. The number of hydrogen-bond acceptors (Lipinski definition) is 3. The van der Waals surface area contributed by atoms with Crippen molar-refractivity contribution in [3.63, 3.8) is 0 Å². The summed E-state index contributed by atoms with van der Waals surface area (Å²) in [6, 6.07) is 5.71. The van der Waals surface area contributed by atoms with E-state index in [-0.39, 0.29) is 29.8 Å². The Morgan fingerprint density at radius 1 is 1.19 bits per heavy atom. The van der Waals surface area contributed by atoms with Gasteiger partial charge >= 0.3 is 6.03 Å². The quantitative estimate of drug-likeness (QED) is 0.791. The molecule has 0 bridgehead atoms. The fraction of sp³-hybridized carbons (Fsp3) is 0.565. The van der Waals surface area contributed by atoms with Crippen LogP contribution in [0.2, 0.25) is 0 Å². The molecular formula is C23H30FN5O2. The second kappa shape index (κ2) is 7.82. The minimum Gasteiger partial charge on any atom is -0.350 e. The zero-order chi connectivity index (χ0) is 21.7. The van der Waals surface area contributed by atoms with E-state index in [2.05, 4.69) is 15.2 Å². The van der Waals surface area contributed by atoms with Gasteiger partial charge in [-0.1, -0.05) is 6.07 Å². The molecule has 166 valence electrons. The largest absolute Gasteiger partial charge is 0.350 e. The van der Waals surface area contributed by atoms with Crippen LogP contribution in [-0.2, 0) is 0 Å². The van der Waals surface area contributed by atoms with E-state index in [9.17, 15) is 14.0 Å². The number of aromatic amines is 1. The Bertz CT molecular complexity index is 982. The smallest absolute Gasteiger partial charge is 0.320 e. The van der Waals surface area contributed by atoms with Crippen molar-refractivity contribution in [3.05, 3.63) is 35.3 Å². The number of urea groups is 1. The molecule has 1 saturated carbocycles. The Kier molecular flexibility index (Phi) is 5.12. The molecule has 7 nitrogen and oxygen atoms in total. The van der Waals surface area contributed by atoms with Gasteiger partial charge in [0.25, 0.3) is 5.91 Å². The highest BCUT2D eigenvalue weighted by Gasteiger charge is 2.41. The normalized spacial score (nSPS) is 27.1. The van der Waals surface area contributed by atoms with Crippen LogP contribution in [0.5, 0.6) is 0 Å². The number of benzene rings is 1. The molecule has 5 rings (SSSR count). The molecule has 2 aliphatic heterocycles. The minimum absolute atomic E-state index is 0.106. The molecule has 0 radical (unpaired) electrons. The third-order valence-electron chi connectivity index (χ3n) is 7.26. The van der Waals surface area contributed by atoms with E-state index in [1.54, 1.807) is 12.1 Å². The Morgan fingerprint density at radius 2 is 2.03 bits per heavy atom. The molecule has 3 atom stereocenters. The molecule has 2 saturated heterocycles. The maximum Gasteiger partial charge on any atom is 0.320 e. The lowest BCUT2D eigenvalue weighted by atomic mass is 9.89. The van der Waals surface area contributed by atoms with Gasteiger partial charge in [-0.2, -0.15) is 0 Å². The SMILES string of the molecule is Cc1ccc(F)c2cc(C(=O)N[C@@H]3CCC[C@@H](N4CCN5C(=O)N(C)C[C@H]5C4)C3)[nH]c12. The predicted octanol–water partition coefficient (Wildman–Crippen LogP) is 2.71. The molecule has 1 aromatic heterocycles. The number of nitrogens with one attached hydrogen (secondary N) is 2. The van der Waals surface area contributed by atoms with Crippen LogP contribution in [0, 0.1) is 12.7 Å². The second-order valence-corrected chi connectivity index (χ2v) is 9.33. The van der Waals surface area contributed by atoms with Crippen molar-refractivity contribution in [1.82, 2.24) is 25.0 Å². The monoisotopic (exact) mass is 427 g/mol. The third kappa shape index (κ3) is 3.67. The van der Waals surface area contributed by atoms with Crippen LogP contribution in [0.15, 0.2) is 18.2 Å². The number of piperazine rings is 1. The van der Waals surface area contributed by atoms with Gasteiger partial charge in [0.05, 0.1) is 11.6 Å². The Labute approximate surface area is 181 Å². The number of hydrogen-bond donors (Lipinski definition) is 2. The van der Waals surface area contributed by atoms with Gasteiger partial charge in [-0.25, -0.2) is 9.18 Å². The van der Waals surface area contributed by atoms with Crippen molar-refractivity contribution in [2.24, 2.45) is 0 Å². The van der Waals surface area contributed by atoms with Crippen LogP contribution in [-0.4, -0.2) is 83.0 Å². The Balaban J connectivity index is 1.23. The summed E-state index contributed by atoms with van der Waals surface area (Å²) in [5, 5.41) is 3.63. The van der Waals surface area contributed by atoms with Gasteiger partial charge < -0.3 is 20.1 Å². The van der Waals surface area contributed by atoms with Gasteiger partial charge in [0.15, 0.2) is 0 Å². The molecule has 31 heavy (non-hydrogen) atoms. The summed E-state index contributed by atoms with van der Waals surface area (Å²) in [5.74, 6) is -0.489. The first-order valence-corrected chi connectivity index (χ1v) is 11.2. The lowest BCUT2D eigenvalue weighted by molar-refractivity contribution is 0.0630. The minimum atomic E-state index is -0.316. The number of likely N-dealkylation sites (N-methyl/N-ethyl adjacent to an activating group) is 1. The number of nitrogens with zero attached hydrogens (tertiary/aromatic N) is 3. The summed E-state index contributed by atoms with van der Waals surface area (Å²) in [7, 11) is 1.87. The van der Waals surface area contributed by atoms with Crippen LogP contribution in [0.3, 0.4) is 0 Å². The average Bonchev–Trinajstić information content (AvgIpc) is 3.34. The zero-order valence-electron chi connectivity index (χ0n) is 18.2. The van der Waals surface area contributed by atoms with Crippen LogP contribution in [0.4, 0.5) is 9.18 Å². The maximum atomic E-state index is 14.1. The van der Waals surface area contributed by atoms with Gasteiger partial charge in [0, 0.05) is 50.7 Å². The van der Waals surface area contributed by atoms with Crippen LogP contribution < -0.4 is 5.32 Å². The standard InChI is InChI=1S/C23H30FN5O2/c1-14-6-7-19(24)18-11-20(26-21(14)18)22(30)25-15-4-3-5-16(10-15)28-8-9-29-17(13-28)12-27(2)23(29)31/h6-7,11,15-17,26H,3-5,8-10,12-13H2,1-2H3,(H,25,30)/t15-,16-,17+/m1/s1. The summed E-state index contributed by atoms with van der Waals surface area (Å²) in [6.45, 7) is 5.27. The molecule has 2 N–H and O–H groups in total. The van der Waals surface area contributed by atoms with Crippen molar-refractivity contribution >= 4 is 22.8 Å². The Morgan fingerprint density at radius 3 is 2.84 bits per heavy atom. The summed E-state index contributed by atoms with van der Waals surface area (Å²) >= 11 is 0. The van der Waals surface area contributed by atoms with Gasteiger partial charge in [0.1, 0.15) is 11.5 Å². The van der Waals surface area contributed by atoms with Crippen molar-refractivity contribution in [2.75, 3.05) is 33.2 Å². The van der Waals surface area contributed by atoms with Crippen molar-refractivity contribution < 1.29 is 14.0 Å². The second-order valence-electron chi connectivity index (χ2n) is 9.33. The van der Waals surface area contributed by atoms with E-state index < -0.39 is 0 Å². The molecule has 0 spiro atoms. The van der Waals surface area contributed by atoms with Gasteiger partial charge in [0.2, 0.25) is 0 Å². The number of H-pyrrole nitrogens is 1. The highest BCUT2D eigenvalue weighted by molar-refractivity contribution is 5.99. The fourth-order valence-corrected chi connectivity index (χ4v) is 5.57. The van der Waals surface area contributed by atoms with E-state index in [1.807, 2.05) is 23.8 Å². The van der Waals surface area contributed by atoms with E-state index >= 15 is 0 Å². The number of carbonyl (C=O) groups is 2. The first-order valence-electron chi connectivity index (χ1n) is 11.2. The fourth-order valence-electron chi connectivity index (χ4n) is 5.57. The number of aryl methyl sites for hydroxylation is 1. The first kappa shape index (κ1) is 20.3. The molecule has 8 heteroatoms. The molecule has 3 fully saturated rings. The lowest BCUT2D eigenvalue weighted by Gasteiger charge is -2.43. The average molecular weight is 428 g/mol. The molecular weight excluding hydrogens is 397 g/mol. The molecule has 2 aromatic rings. The van der Waals surface area contributed by atoms with Crippen LogP contribution in [0.25, 0.3) is 10.9 Å². The highest BCUT2D eigenvalue weighted by Crippen LogP contribution is 2.28. The van der Waals surface area contributed by atoms with Crippen molar-refractivity contribution in [2.45, 2.75) is 50.7 Å². The van der Waals surface area contributed by atoms with E-state index in [0.29, 0.717) is 22.6 Å². The summed E-state index contributed by atoms with van der Waals surface area (Å²) < 4.78 is 14.1.